The van der Waals surface area contributed by atoms with E-state index < -0.39 is 0 Å². The molecule has 0 spiro atoms. The van der Waals surface area contributed by atoms with Gasteiger partial charge < -0.3 is 9.55 Å². The molecule has 2 heterocycles. The number of benzene rings is 4. The molecule has 1 N–H and O–H groups in total. The Morgan fingerprint density at radius 3 is 2.15 bits per heavy atom. The van der Waals surface area contributed by atoms with E-state index in [9.17, 15) is 0 Å². The lowest BCUT2D eigenvalue weighted by atomic mass is 10.1. The van der Waals surface area contributed by atoms with Gasteiger partial charge >= 0.3 is 0 Å². The molecule has 2 nitrogen and oxygen atoms in total. The van der Waals surface area contributed by atoms with Gasteiger partial charge in [0.25, 0.3) is 0 Å². The van der Waals surface area contributed by atoms with Crippen LogP contribution in [0.3, 0.4) is 0 Å². The highest BCUT2D eigenvalue weighted by Gasteiger charge is 2.16. The number of rotatable bonds is 1. The van der Waals surface area contributed by atoms with Crippen molar-refractivity contribution in [3.63, 3.8) is 0 Å². The van der Waals surface area contributed by atoms with Gasteiger partial charge in [-0.1, -0.05) is 60.7 Å². The zero-order chi connectivity index (χ0) is 17.1. The number of para-hydroxylation sites is 3. The Morgan fingerprint density at radius 2 is 1.27 bits per heavy atom. The first-order valence-corrected chi connectivity index (χ1v) is 8.90. The van der Waals surface area contributed by atoms with Crippen LogP contribution in [0.15, 0.2) is 91.0 Å². The van der Waals surface area contributed by atoms with Crippen LogP contribution in [0.5, 0.6) is 0 Å². The van der Waals surface area contributed by atoms with Gasteiger partial charge in [0, 0.05) is 32.7 Å². The van der Waals surface area contributed by atoms with Gasteiger partial charge in [-0.3, -0.25) is 0 Å². The number of hydrogen-bond donors (Lipinski definition) is 1. The molecule has 6 aromatic rings. The molecule has 0 radical (unpaired) electrons. The number of fused-ring (bicyclic) bond motifs is 7. The standard InChI is InChI=1S/C24H16N2/c1-2-8-16(9-3-1)26-21-13-7-5-11-19(21)23-22(26)15-14-18-17-10-4-6-12-20(17)25-24(18)23/h1-15,25H. The highest BCUT2D eigenvalue weighted by molar-refractivity contribution is 6.25. The number of nitrogens with one attached hydrogen (secondary N) is 1. The molecule has 0 aliphatic rings. The number of aromatic amines is 1. The molecule has 0 unspecified atom stereocenters. The fourth-order valence-electron chi connectivity index (χ4n) is 4.23. The van der Waals surface area contributed by atoms with E-state index in [2.05, 4.69) is 101 Å². The van der Waals surface area contributed by atoms with Crippen LogP contribution in [0.2, 0.25) is 0 Å². The van der Waals surface area contributed by atoms with Crippen molar-refractivity contribution < 1.29 is 0 Å². The molecule has 0 saturated carbocycles. The molecular weight excluding hydrogens is 316 g/mol. The minimum Gasteiger partial charge on any atom is -0.354 e. The SMILES string of the molecule is c1ccc(-n2c3ccccc3c3c4[nH]c5ccccc5c4ccc32)cc1. The lowest BCUT2D eigenvalue weighted by Gasteiger charge is -2.07. The molecule has 122 valence electrons. The van der Waals surface area contributed by atoms with Gasteiger partial charge in [0.15, 0.2) is 0 Å². The second-order valence-corrected chi connectivity index (χ2v) is 6.74. The Hall–Kier alpha value is -3.52. The summed E-state index contributed by atoms with van der Waals surface area (Å²) in [7, 11) is 0. The Labute approximate surface area is 150 Å². The molecule has 0 amide bonds. The molecule has 4 aromatic carbocycles. The summed E-state index contributed by atoms with van der Waals surface area (Å²) in [6, 6.07) is 32.3. The smallest absolute Gasteiger partial charge is 0.0566 e. The summed E-state index contributed by atoms with van der Waals surface area (Å²) in [6.07, 6.45) is 0. The zero-order valence-electron chi connectivity index (χ0n) is 14.1. The Kier molecular flexibility index (Phi) is 2.64. The Bertz CT molecular complexity index is 1420. The first kappa shape index (κ1) is 13.7. The van der Waals surface area contributed by atoms with Crippen LogP contribution in [-0.4, -0.2) is 9.55 Å². The van der Waals surface area contributed by atoms with Gasteiger partial charge in [0.05, 0.1) is 16.6 Å². The predicted molar refractivity (Wildman–Crippen MR) is 110 cm³/mol. The van der Waals surface area contributed by atoms with Crippen LogP contribution in [-0.2, 0) is 0 Å². The Balaban J connectivity index is 1.89. The molecule has 0 aliphatic heterocycles. The maximum absolute atomic E-state index is 3.66. The second-order valence-electron chi connectivity index (χ2n) is 6.74. The van der Waals surface area contributed by atoms with Crippen molar-refractivity contribution in [3.05, 3.63) is 91.0 Å². The van der Waals surface area contributed by atoms with E-state index >= 15 is 0 Å². The van der Waals surface area contributed by atoms with E-state index in [0.717, 1.165) is 0 Å². The van der Waals surface area contributed by atoms with E-state index in [1.165, 1.54) is 49.3 Å². The van der Waals surface area contributed by atoms with Crippen molar-refractivity contribution in [1.29, 1.82) is 0 Å². The average molecular weight is 332 g/mol. The summed E-state index contributed by atoms with van der Waals surface area (Å²) in [5.74, 6) is 0. The lowest BCUT2D eigenvalue weighted by molar-refractivity contribution is 1.18. The zero-order valence-corrected chi connectivity index (χ0v) is 14.1. The molecule has 6 rings (SSSR count). The quantitative estimate of drug-likeness (QED) is 0.359. The van der Waals surface area contributed by atoms with Crippen molar-refractivity contribution in [3.8, 4) is 5.69 Å². The van der Waals surface area contributed by atoms with Gasteiger partial charge in [0.2, 0.25) is 0 Å². The molecule has 2 heteroatoms. The lowest BCUT2D eigenvalue weighted by Crippen LogP contribution is -1.92. The van der Waals surface area contributed by atoms with Gasteiger partial charge in [-0.15, -0.1) is 0 Å². The van der Waals surface area contributed by atoms with Crippen LogP contribution in [0, 0.1) is 0 Å². The van der Waals surface area contributed by atoms with Crippen LogP contribution >= 0.6 is 0 Å². The normalized spacial score (nSPS) is 11.8. The number of nitrogens with zero attached hydrogens (tertiary/aromatic N) is 1. The monoisotopic (exact) mass is 332 g/mol. The summed E-state index contributed by atoms with van der Waals surface area (Å²) >= 11 is 0. The van der Waals surface area contributed by atoms with Crippen LogP contribution in [0.4, 0.5) is 0 Å². The first-order chi connectivity index (χ1) is 12.9. The largest absolute Gasteiger partial charge is 0.354 e. The number of hydrogen-bond acceptors (Lipinski definition) is 0. The molecule has 0 fully saturated rings. The summed E-state index contributed by atoms with van der Waals surface area (Å²) < 4.78 is 2.36. The van der Waals surface area contributed by atoms with Crippen LogP contribution in [0.1, 0.15) is 0 Å². The van der Waals surface area contributed by atoms with Crippen molar-refractivity contribution in [2.45, 2.75) is 0 Å². The number of H-pyrrole nitrogens is 1. The third kappa shape index (κ3) is 1.71. The van der Waals surface area contributed by atoms with Crippen molar-refractivity contribution in [2.75, 3.05) is 0 Å². The van der Waals surface area contributed by atoms with E-state index in [-0.39, 0.29) is 0 Å². The van der Waals surface area contributed by atoms with Crippen LogP contribution in [0.25, 0.3) is 49.3 Å². The first-order valence-electron chi connectivity index (χ1n) is 8.90. The minimum atomic E-state index is 1.19. The highest BCUT2D eigenvalue weighted by Crippen LogP contribution is 2.38. The van der Waals surface area contributed by atoms with Gasteiger partial charge in [0.1, 0.15) is 0 Å². The van der Waals surface area contributed by atoms with Crippen molar-refractivity contribution in [1.82, 2.24) is 9.55 Å². The molecule has 2 aromatic heterocycles. The third-order valence-corrected chi connectivity index (χ3v) is 5.33. The third-order valence-electron chi connectivity index (χ3n) is 5.33. The van der Waals surface area contributed by atoms with E-state index in [1.54, 1.807) is 0 Å². The highest BCUT2D eigenvalue weighted by atomic mass is 15.0. The minimum absolute atomic E-state index is 1.19. The number of aromatic nitrogens is 2. The second kappa shape index (κ2) is 4.99. The maximum Gasteiger partial charge on any atom is 0.0566 e. The van der Waals surface area contributed by atoms with Gasteiger partial charge in [-0.2, -0.15) is 0 Å². The average Bonchev–Trinajstić information content (AvgIpc) is 3.24. The molecule has 26 heavy (non-hydrogen) atoms. The molecule has 0 bridgehead atoms. The summed E-state index contributed by atoms with van der Waals surface area (Å²) in [6.45, 7) is 0. The molecule has 0 saturated heterocycles. The Morgan fingerprint density at radius 1 is 0.538 bits per heavy atom. The van der Waals surface area contributed by atoms with Crippen molar-refractivity contribution in [2.24, 2.45) is 0 Å². The van der Waals surface area contributed by atoms with Crippen LogP contribution < -0.4 is 0 Å². The van der Waals surface area contributed by atoms with E-state index in [1.807, 2.05) is 0 Å². The topological polar surface area (TPSA) is 20.7 Å². The maximum atomic E-state index is 3.66. The molecule has 0 aliphatic carbocycles. The van der Waals surface area contributed by atoms with Gasteiger partial charge in [-0.25, -0.2) is 0 Å². The van der Waals surface area contributed by atoms with Crippen molar-refractivity contribution >= 4 is 43.6 Å². The van der Waals surface area contributed by atoms with E-state index in [4.69, 9.17) is 0 Å². The fraction of sp³-hybridized carbons (Fsp3) is 0. The van der Waals surface area contributed by atoms with E-state index in [0.29, 0.717) is 0 Å². The van der Waals surface area contributed by atoms with Gasteiger partial charge in [-0.05, 0) is 30.3 Å². The summed E-state index contributed by atoms with van der Waals surface area (Å²) in [5, 5.41) is 5.13. The molecule has 0 atom stereocenters. The predicted octanol–water partition coefficient (Wildman–Crippen LogP) is 6.42. The fourth-order valence-corrected chi connectivity index (χ4v) is 4.23. The summed E-state index contributed by atoms with van der Waals surface area (Å²) in [4.78, 5) is 3.66. The summed E-state index contributed by atoms with van der Waals surface area (Å²) in [5.41, 5.74) is 6.06. The molecular formula is C24H16N2.